The summed E-state index contributed by atoms with van der Waals surface area (Å²) in [6, 6.07) is 21.0. The lowest BCUT2D eigenvalue weighted by Crippen LogP contribution is -2.38. The van der Waals surface area contributed by atoms with Gasteiger partial charge in [-0.05, 0) is 54.3 Å². The molecule has 0 unspecified atom stereocenters. The lowest BCUT2D eigenvalue weighted by atomic mass is 10.00. The van der Waals surface area contributed by atoms with E-state index in [9.17, 15) is 9.90 Å². The smallest absolute Gasteiger partial charge is 0.200 e. The third kappa shape index (κ3) is 4.94. The fourth-order valence-corrected chi connectivity index (χ4v) is 4.72. The SMILES string of the molecule is COc1ccc(-c2c(C)oc3cc(OC[C@@H](O)CN4CCc5ccccc5C4)ccc3c2=O)cc1. The molecule has 0 saturated carbocycles. The third-order valence-electron chi connectivity index (χ3n) is 6.54. The highest BCUT2D eigenvalue weighted by Crippen LogP contribution is 2.28. The molecule has 1 aliphatic rings. The first kappa shape index (κ1) is 23.1. The Bertz CT molecular complexity index is 1390. The normalized spacial score (nSPS) is 14.5. The Morgan fingerprint density at radius 1 is 1.03 bits per heavy atom. The van der Waals surface area contributed by atoms with Crippen molar-refractivity contribution in [1.29, 1.82) is 0 Å². The summed E-state index contributed by atoms with van der Waals surface area (Å²) < 4.78 is 17.1. The second-order valence-electron chi connectivity index (χ2n) is 8.97. The highest BCUT2D eigenvalue weighted by Gasteiger charge is 2.19. The van der Waals surface area contributed by atoms with Gasteiger partial charge in [-0.15, -0.1) is 0 Å². The van der Waals surface area contributed by atoms with Crippen molar-refractivity contribution in [3.8, 4) is 22.6 Å². The van der Waals surface area contributed by atoms with Crippen LogP contribution in [0.1, 0.15) is 16.9 Å². The lowest BCUT2D eigenvalue weighted by Gasteiger charge is -2.30. The molecule has 5 rings (SSSR count). The van der Waals surface area contributed by atoms with Gasteiger partial charge < -0.3 is 19.0 Å². The van der Waals surface area contributed by atoms with E-state index in [1.807, 2.05) is 24.3 Å². The van der Waals surface area contributed by atoms with Crippen LogP contribution in [0.15, 0.2) is 75.9 Å². The molecule has 1 aromatic heterocycles. The van der Waals surface area contributed by atoms with Crippen LogP contribution in [0.4, 0.5) is 0 Å². The number of aliphatic hydroxyl groups excluding tert-OH is 1. The molecule has 2 heterocycles. The van der Waals surface area contributed by atoms with Gasteiger partial charge in [-0.2, -0.15) is 0 Å². The monoisotopic (exact) mass is 471 g/mol. The van der Waals surface area contributed by atoms with Gasteiger partial charge in [0.15, 0.2) is 0 Å². The number of methoxy groups -OCH3 is 1. The van der Waals surface area contributed by atoms with E-state index < -0.39 is 6.10 Å². The van der Waals surface area contributed by atoms with Crippen molar-refractivity contribution in [2.75, 3.05) is 26.8 Å². The summed E-state index contributed by atoms with van der Waals surface area (Å²) in [4.78, 5) is 15.5. The molecule has 0 saturated heterocycles. The number of fused-ring (bicyclic) bond motifs is 2. The van der Waals surface area contributed by atoms with Crippen molar-refractivity contribution in [3.63, 3.8) is 0 Å². The molecular weight excluding hydrogens is 442 g/mol. The van der Waals surface area contributed by atoms with Crippen LogP contribution in [0.2, 0.25) is 0 Å². The Morgan fingerprint density at radius 3 is 2.54 bits per heavy atom. The van der Waals surface area contributed by atoms with Crippen molar-refractivity contribution < 1.29 is 19.0 Å². The van der Waals surface area contributed by atoms with Crippen molar-refractivity contribution >= 4 is 11.0 Å². The number of hydrogen-bond donors (Lipinski definition) is 1. The summed E-state index contributed by atoms with van der Waals surface area (Å²) in [5.74, 6) is 1.82. The van der Waals surface area contributed by atoms with Gasteiger partial charge in [-0.3, -0.25) is 9.69 Å². The van der Waals surface area contributed by atoms with Crippen LogP contribution in [0, 0.1) is 6.92 Å². The third-order valence-corrected chi connectivity index (χ3v) is 6.54. The molecule has 1 atom stereocenters. The number of benzene rings is 3. The molecule has 1 aliphatic heterocycles. The first-order chi connectivity index (χ1) is 17.0. The number of nitrogens with zero attached hydrogens (tertiary/aromatic N) is 1. The van der Waals surface area contributed by atoms with Gasteiger partial charge in [-0.25, -0.2) is 0 Å². The van der Waals surface area contributed by atoms with Crippen LogP contribution >= 0.6 is 0 Å². The molecule has 35 heavy (non-hydrogen) atoms. The van der Waals surface area contributed by atoms with Crippen LogP contribution in [0.5, 0.6) is 11.5 Å². The Balaban J connectivity index is 1.27. The van der Waals surface area contributed by atoms with E-state index in [-0.39, 0.29) is 12.0 Å². The highest BCUT2D eigenvalue weighted by molar-refractivity contribution is 5.83. The summed E-state index contributed by atoms with van der Waals surface area (Å²) in [7, 11) is 1.61. The number of hydrogen-bond acceptors (Lipinski definition) is 6. The minimum Gasteiger partial charge on any atom is -0.497 e. The van der Waals surface area contributed by atoms with E-state index in [1.54, 1.807) is 32.2 Å². The minimum absolute atomic E-state index is 0.0918. The summed E-state index contributed by atoms with van der Waals surface area (Å²) in [6.45, 7) is 4.25. The number of ether oxygens (including phenoxy) is 2. The molecule has 180 valence electrons. The zero-order valence-corrected chi connectivity index (χ0v) is 20.0. The number of β-amino-alcohol motifs (C(OH)–C–C–N with tert-alkyl or cyclic N) is 1. The molecule has 6 heteroatoms. The molecule has 0 fully saturated rings. The molecular formula is C29H29NO5. The number of aryl methyl sites for hydroxylation is 1. The Hall–Kier alpha value is -3.61. The molecule has 0 spiro atoms. The van der Waals surface area contributed by atoms with Gasteiger partial charge >= 0.3 is 0 Å². The van der Waals surface area contributed by atoms with Crippen LogP contribution in [0.25, 0.3) is 22.1 Å². The molecule has 0 amide bonds. The van der Waals surface area contributed by atoms with Gasteiger partial charge in [0, 0.05) is 25.7 Å². The van der Waals surface area contributed by atoms with Crippen molar-refractivity contribution in [2.45, 2.75) is 26.0 Å². The fraction of sp³-hybridized carbons (Fsp3) is 0.276. The van der Waals surface area contributed by atoms with Crippen LogP contribution in [-0.4, -0.2) is 42.9 Å². The van der Waals surface area contributed by atoms with E-state index in [1.165, 1.54) is 11.1 Å². The van der Waals surface area contributed by atoms with Gasteiger partial charge in [0.2, 0.25) is 5.43 Å². The van der Waals surface area contributed by atoms with E-state index in [2.05, 4.69) is 29.2 Å². The summed E-state index contributed by atoms with van der Waals surface area (Å²) in [6.07, 6.45) is 0.368. The molecule has 6 nitrogen and oxygen atoms in total. The predicted molar refractivity (Wildman–Crippen MR) is 136 cm³/mol. The quantitative estimate of drug-likeness (QED) is 0.426. The lowest BCUT2D eigenvalue weighted by molar-refractivity contribution is 0.0638. The maximum atomic E-state index is 13.2. The van der Waals surface area contributed by atoms with Crippen LogP contribution in [-0.2, 0) is 13.0 Å². The predicted octanol–water partition coefficient (Wildman–Crippen LogP) is 4.58. The maximum absolute atomic E-state index is 13.2. The fourth-order valence-electron chi connectivity index (χ4n) is 4.72. The zero-order chi connectivity index (χ0) is 24.4. The average Bonchev–Trinajstić information content (AvgIpc) is 2.87. The zero-order valence-electron chi connectivity index (χ0n) is 20.0. The summed E-state index contributed by atoms with van der Waals surface area (Å²) in [5, 5.41) is 11.1. The van der Waals surface area contributed by atoms with Crippen LogP contribution < -0.4 is 14.9 Å². The van der Waals surface area contributed by atoms with E-state index in [0.717, 1.165) is 30.8 Å². The largest absolute Gasteiger partial charge is 0.497 e. The molecule has 4 aromatic rings. The molecule has 0 aliphatic carbocycles. The molecule has 1 N–H and O–H groups in total. The minimum atomic E-state index is -0.623. The van der Waals surface area contributed by atoms with Crippen molar-refractivity contribution in [3.05, 3.63) is 93.8 Å². The van der Waals surface area contributed by atoms with Gasteiger partial charge in [0.25, 0.3) is 0 Å². The highest BCUT2D eigenvalue weighted by atomic mass is 16.5. The summed E-state index contributed by atoms with van der Waals surface area (Å²) in [5.41, 5.74) is 4.39. The van der Waals surface area contributed by atoms with Gasteiger partial charge in [-0.1, -0.05) is 36.4 Å². The Labute approximate surface area is 204 Å². The Kier molecular flexibility index (Phi) is 6.57. The van der Waals surface area contributed by atoms with E-state index in [4.69, 9.17) is 13.9 Å². The van der Waals surface area contributed by atoms with Crippen LogP contribution in [0.3, 0.4) is 0 Å². The maximum Gasteiger partial charge on any atom is 0.200 e. The number of aliphatic hydroxyl groups is 1. The molecule has 0 radical (unpaired) electrons. The Morgan fingerprint density at radius 2 is 1.77 bits per heavy atom. The second-order valence-corrected chi connectivity index (χ2v) is 8.97. The first-order valence-corrected chi connectivity index (χ1v) is 11.8. The van der Waals surface area contributed by atoms with E-state index in [0.29, 0.717) is 34.6 Å². The van der Waals surface area contributed by atoms with Gasteiger partial charge in [0.1, 0.15) is 35.6 Å². The standard InChI is InChI=1S/C29H29NO5/c1-19-28(21-7-9-24(33-2)10-8-21)29(32)26-12-11-25(15-27(26)35-19)34-18-23(31)17-30-14-13-20-5-3-4-6-22(20)16-30/h3-12,15,23,31H,13-14,16-18H2,1-2H3/t23-/m0/s1. The first-order valence-electron chi connectivity index (χ1n) is 11.8. The average molecular weight is 472 g/mol. The van der Waals surface area contributed by atoms with E-state index >= 15 is 0 Å². The molecule has 0 bridgehead atoms. The topological polar surface area (TPSA) is 72.1 Å². The van der Waals surface area contributed by atoms with Crippen molar-refractivity contribution in [2.24, 2.45) is 0 Å². The van der Waals surface area contributed by atoms with Crippen molar-refractivity contribution in [1.82, 2.24) is 4.90 Å². The number of rotatable bonds is 7. The second kappa shape index (κ2) is 9.94. The summed E-state index contributed by atoms with van der Waals surface area (Å²) >= 11 is 0. The molecule has 3 aromatic carbocycles. The van der Waals surface area contributed by atoms with Gasteiger partial charge in [0.05, 0.1) is 18.1 Å².